The monoisotopic (exact) mass is 247 g/mol. The van der Waals surface area contributed by atoms with Gasteiger partial charge in [-0.2, -0.15) is 0 Å². The van der Waals surface area contributed by atoms with E-state index in [2.05, 4.69) is 0 Å². The molecule has 2 rings (SSSR count). The van der Waals surface area contributed by atoms with Crippen LogP contribution < -0.4 is 5.73 Å². The van der Waals surface area contributed by atoms with E-state index in [9.17, 15) is 4.79 Å². The molecule has 2 atom stereocenters. The fraction of sp³-hybridized carbons (Fsp3) is 0.357. The summed E-state index contributed by atoms with van der Waals surface area (Å²) in [6, 6.07) is 7.58. The second-order valence-corrected chi connectivity index (χ2v) is 4.43. The van der Waals surface area contributed by atoms with Gasteiger partial charge < -0.3 is 14.9 Å². The quantitative estimate of drug-likeness (QED) is 0.843. The van der Waals surface area contributed by atoms with Crippen molar-refractivity contribution < 1.29 is 13.9 Å². The minimum absolute atomic E-state index is 0.0962. The lowest BCUT2D eigenvalue weighted by Crippen LogP contribution is -2.27. The highest BCUT2D eigenvalue weighted by atomic mass is 16.5. The van der Waals surface area contributed by atoms with Gasteiger partial charge in [0.15, 0.2) is 0 Å². The van der Waals surface area contributed by atoms with Crippen LogP contribution in [0.4, 0.5) is 0 Å². The molecule has 96 valence electrons. The normalized spacial score (nSPS) is 14.4. The van der Waals surface area contributed by atoms with E-state index in [4.69, 9.17) is 14.9 Å². The van der Waals surface area contributed by atoms with Crippen LogP contribution >= 0.6 is 0 Å². The van der Waals surface area contributed by atoms with E-state index in [1.807, 2.05) is 31.2 Å². The van der Waals surface area contributed by atoms with E-state index >= 15 is 0 Å². The number of carbonyl (C=O) groups excluding carboxylic acids is 1. The van der Waals surface area contributed by atoms with Gasteiger partial charge in [0.25, 0.3) is 0 Å². The number of ether oxygens (including phenoxy) is 1. The van der Waals surface area contributed by atoms with Crippen molar-refractivity contribution in [3.63, 3.8) is 0 Å². The highest BCUT2D eigenvalue weighted by molar-refractivity contribution is 5.82. The Morgan fingerprint density at radius 3 is 2.83 bits per heavy atom. The molecule has 2 N–H and O–H groups in total. The Kier molecular flexibility index (Phi) is 3.67. The Bertz CT molecular complexity index is 545. The molecule has 18 heavy (non-hydrogen) atoms. The molecule has 1 aromatic carbocycles. The molecule has 2 aromatic rings. The third kappa shape index (κ3) is 2.38. The molecule has 0 saturated carbocycles. The summed E-state index contributed by atoms with van der Waals surface area (Å²) in [4.78, 5) is 11.4. The minimum Gasteiger partial charge on any atom is -0.469 e. The van der Waals surface area contributed by atoms with Crippen molar-refractivity contribution in [2.24, 2.45) is 5.73 Å². The van der Waals surface area contributed by atoms with Crippen molar-refractivity contribution in [2.75, 3.05) is 7.11 Å². The summed E-state index contributed by atoms with van der Waals surface area (Å²) in [6.45, 7) is 1.88. The molecular formula is C14H17NO3. The molecule has 2 unspecified atom stereocenters. The summed E-state index contributed by atoms with van der Waals surface area (Å²) in [5.74, 6) is -0.358. The number of hydrogen-bond donors (Lipinski definition) is 1. The second-order valence-electron chi connectivity index (χ2n) is 4.43. The largest absolute Gasteiger partial charge is 0.469 e. The van der Waals surface area contributed by atoms with E-state index in [0.717, 1.165) is 16.5 Å². The first-order valence-corrected chi connectivity index (χ1v) is 5.92. The number of hydrogen-bond acceptors (Lipinski definition) is 4. The molecule has 4 heteroatoms. The lowest BCUT2D eigenvalue weighted by Gasteiger charge is -2.18. The number of rotatable bonds is 4. The average molecular weight is 247 g/mol. The summed E-state index contributed by atoms with van der Waals surface area (Å²) >= 11 is 0. The van der Waals surface area contributed by atoms with Gasteiger partial charge in [0.1, 0.15) is 5.58 Å². The Morgan fingerprint density at radius 1 is 1.44 bits per heavy atom. The molecule has 0 saturated heterocycles. The fourth-order valence-electron chi connectivity index (χ4n) is 2.13. The fourth-order valence-corrected chi connectivity index (χ4v) is 2.13. The third-order valence-corrected chi connectivity index (χ3v) is 3.16. The molecule has 0 aliphatic carbocycles. The summed E-state index contributed by atoms with van der Waals surface area (Å²) in [5, 5.41) is 1.00. The molecule has 4 nitrogen and oxygen atoms in total. The Balaban J connectivity index is 2.39. The first-order valence-electron chi connectivity index (χ1n) is 5.92. The number of fused-ring (bicyclic) bond motifs is 1. The summed E-state index contributed by atoms with van der Waals surface area (Å²) < 4.78 is 10.2. The molecule has 0 aliphatic rings. The standard InChI is InChI=1S/C14H17NO3/c1-9(15)11(7-14(16)17-2)12-8-18-13-6-4-3-5-10(12)13/h3-6,8-9,11H,7,15H2,1-2H3. The van der Waals surface area contributed by atoms with Crippen molar-refractivity contribution in [1.82, 2.24) is 0 Å². The van der Waals surface area contributed by atoms with Gasteiger partial charge in [-0.3, -0.25) is 4.79 Å². The van der Waals surface area contributed by atoms with Gasteiger partial charge >= 0.3 is 5.97 Å². The predicted octanol–water partition coefficient (Wildman–Crippen LogP) is 2.43. The van der Waals surface area contributed by atoms with Crippen LogP contribution in [0.5, 0.6) is 0 Å². The van der Waals surface area contributed by atoms with E-state index in [-0.39, 0.29) is 24.3 Å². The molecule has 0 amide bonds. The van der Waals surface area contributed by atoms with Gasteiger partial charge in [-0.1, -0.05) is 18.2 Å². The van der Waals surface area contributed by atoms with Gasteiger partial charge in [-0.15, -0.1) is 0 Å². The summed E-state index contributed by atoms with van der Waals surface area (Å²) in [6.07, 6.45) is 1.94. The third-order valence-electron chi connectivity index (χ3n) is 3.16. The van der Waals surface area contributed by atoms with E-state index < -0.39 is 0 Å². The first kappa shape index (κ1) is 12.6. The minimum atomic E-state index is -0.261. The maximum atomic E-state index is 11.4. The molecule has 0 radical (unpaired) electrons. The van der Waals surface area contributed by atoms with Gasteiger partial charge in [0.05, 0.1) is 19.8 Å². The van der Waals surface area contributed by atoms with Crippen molar-refractivity contribution in [3.8, 4) is 0 Å². The van der Waals surface area contributed by atoms with Gasteiger partial charge in [0, 0.05) is 22.9 Å². The highest BCUT2D eigenvalue weighted by Gasteiger charge is 2.23. The van der Waals surface area contributed by atoms with Crippen LogP contribution in [0, 0.1) is 0 Å². The number of carbonyl (C=O) groups is 1. The van der Waals surface area contributed by atoms with Crippen LogP contribution in [0.25, 0.3) is 11.0 Å². The van der Waals surface area contributed by atoms with Crippen LogP contribution in [0.1, 0.15) is 24.8 Å². The second kappa shape index (κ2) is 5.23. The molecule has 1 aromatic heterocycles. The lowest BCUT2D eigenvalue weighted by molar-refractivity contribution is -0.141. The number of para-hydroxylation sites is 1. The Labute approximate surface area is 106 Å². The average Bonchev–Trinajstić information content (AvgIpc) is 2.79. The van der Waals surface area contributed by atoms with Crippen molar-refractivity contribution >= 4 is 16.9 Å². The van der Waals surface area contributed by atoms with Crippen LogP contribution in [0.3, 0.4) is 0 Å². The Morgan fingerprint density at radius 2 is 2.17 bits per heavy atom. The maximum absolute atomic E-state index is 11.4. The van der Waals surface area contributed by atoms with Crippen LogP contribution in [-0.2, 0) is 9.53 Å². The van der Waals surface area contributed by atoms with Gasteiger partial charge in [0.2, 0.25) is 0 Å². The topological polar surface area (TPSA) is 65.5 Å². The first-order chi connectivity index (χ1) is 8.63. The molecule has 0 fully saturated rings. The van der Waals surface area contributed by atoms with Crippen LogP contribution in [0.2, 0.25) is 0 Å². The lowest BCUT2D eigenvalue weighted by atomic mass is 9.89. The van der Waals surface area contributed by atoms with Crippen molar-refractivity contribution in [3.05, 3.63) is 36.1 Å². The number of benzene rings is 1. The number of nitrogens with two attached hydrogens (primary N) is 1. The van der Waals surface area contributed by atoms with E-state index in [1.54, 1.807) is 6.26 Å². The zero-order valence-electron chi connectivity index (χ0n) is 10.6. The molecule has 0 bridgehead atoms. The molecule has 1 heterocycles. The van der Waals surface area contributed by atoms with Crippen molar-refractivity contribution in [1.29, 1.82) is 0 Å². The number of furan rings is 1. The van der Waals surface area contributed by atoms with Crippen molar-refractivity contribution in [2.45, 2.75) is 25.3 Å². The summed E-state index contributed by atoms with van der Waals surface area (Å²) in [5.41, 5.74) is 7.74. The zero-order valence-corrected chi connectivity index (χ0v) is 10.6. The SMILES string of the molecule is COC(=O)CC(c1coc2ccccc12)C(C)N. The van der Waals surface area contributed by atoms with Crippen LogP contribution in [-0.4, -0.2) is 19.1 Å². The smallest absolute Gasteiger partial charge is 0.306 e. The van der Waals surface area contributed by atoms with Gasteiger partial charge in [-0.05, 0) is 13.0 Å². The summed E-state index contributed by atoms with van der Waals surface area (Å²) in [7, 11) is 1.38. The highest BCUT2D eigenvalue weighted by Crippen LogP contribution is 2.31. The predicted molar refractivity (Wildman–Crippen MR) is 69.2 cm³/mol. The number of esters is 1. The molecule has 0 spiro atoms. The molecular weight excluding hydrogens is 230 g/mol. The molecule has 0 aliphatic heterocycles. The van der Waals surface area contributed by atoms with Gasteiger partial charge in [-0.25, -0.2) is 0 Å². The Hall–Kier alpha value is -1.81. The van der Waals surface area contributed by atoms with E-state index in [0.29, 0.717) is 0 Å². The van der Waals surface area contributed by atoms with Crippen LogP contribution in [0.15, 0.2) is 34.9 Å². The van der Waals surface area contributed by atoms with E-state index in [1.165, 1.54) is 7.11 Å². The zero-order chi connectivity index (χ0) is 13.1. The number of methoxy groups -OCH3 is 1. The maximum Gasteiger partial charge on any atom is 0.306 e.